The fraction of sp³-hybridized carbons (Fsp3) is 0.200. The summed E-state index contributed by atoms with van der Waals surface area (Å²) in [7, 11) is 0. The van der Waals surface area contributed by atoms with E-state index in [-0.39, 0.29) is 19.0 Å². The summed E-state index contributed by atoms with van der Waals surface area (Å²) in [5.74, 6) is -0.230. The number of hydrogen-bond donors (Lipinski definition) is 1. The lowest BCUT2D eigenvalue weighted by Crippen LogP contribution is -2.19. The van der Waals surface area contributed by atoms with Crippen LogP contribution in [0.2, 0.25) is 0 Å². The van der Waals surface area contributed by atoms with E-state index in [1.54, 1.807) is 12.3 Å². The van der Waals surface area contributed by atoms with Gasteiger partial charge in [-0.3, -0.25) is 4.79 Å². The molecule has 0 saturated heterocycles. The molecule has 3 aromatic rings. The molecular weight excluding hydrogens is 318 g/mol. The van der Waals surface area contributed by atoms with Crippen molar-refractivity contribution in [1.82, 2.24) is 4.98 Å². The highest BCUT2D eigenvalue weighted by atomic mass is 16.6. The van der Waals surface area contributed by atoms with Gasteiger partial charge in [0.1, 0.15) is 5.75 Å². The average molecular weight is 337 g/mol. The van der Waals surface area contributed by atoms with Gasteiger partial charge in [0.2, 0.25) is 5.78 Å². The second-order valence-electron chi connectivity index (χ2n) is 5.87. The molecule has 0 aliphatic carbocycles. The van der Waals surface area contributed by atoms with Crippen LogP contribution in [0.25, 0.3) is 10.9 Å². The molecule has 3 rings (SSSR count). The fourth-order valence-corrected chi connectivity index (χ4v) is 2.51. The number of carbonyl (C=O) groups excluding carboxylic acids is 2. The number of hydrogen-bond acceptors (Lipinski definition) is 4. The minimum Gasteiger partial charge on any atom is -0.482 e. The van der Waals surface area contributed by atoms with Gasteiger partial charge in [0, 0.05) is 22.7 Å². The third-order valence-corrected chi connectivity index (χ3v) is 4.09. The molecule has 1 aromatic heterocycles. The maximum absolute atomic E-state index is 12.2. The van der Waals surface area contributed by atoms with Crippen LogP contribution in [0.1, 0.15) is 21.5 Å². The highest BCUT2D eigenvalue weighted by Gasteiger charge is 2.14. The van der Waals surface area contributed by atoms with Gasteiger partial charge in [-0.1, -0.05) is 24.3 Å². The number of carbonyl (C=O) groups is 2. The Kier molecular flexibility index (Phi) is 4.84. The van der Waals surface area contributed by atoms with E-state index < -0.39 is 5.97 Å². The molecule has 0 aliphatic heterocycles. The number of H-pyrrole nitrogens is 1. The normalized spacial score (nSPS) is 10.6. The van der Waals surface area contributed by atoms with Crippen molar-refractivity contribution >= 4 is 22.7 Å². The van der Waals surface area contributed by atoms with Crippen molar-refractivity contribution in [2.45, 2.75) is 13.8 Å². The van der Waals surface area contributed by atoms with Crippen LogP contribution >= 0.6 is 0 Å². The summed E-state index contributed by atoms with van der Waals surface area (Å²) < 4.78 is 10.4. The molecule has 2 aromatic carbocycles. The number of aryl methyl sites for hydroxylation is 2. The van der Waals surface area contributed by atoms with Crippen molar-refractivity contribution in [3.63, 3.8) is 0 Å². The maximum Gasteiger partial charge on any atom is 0.344 e. The summed E-state index contributed by atoms with van der Waals surface area (Å²) in [6.45, 7) is 3.44. The SMILES string of the molecule is Cc1ccc(OCC(=O)OCC(=O)c2c[nH]c3ccccc23)cc1C. The van der Waals surface area contributed by atoms with Gasteiger partial charge in [-0.25, -0.2) is 4.79 Å². The summed E-state index contributed by atoms with van der Waals surface area (Å²) in [5, 5.41) is 0.815. The number of ketones is 1. The van der Waals surface area contributed by atoms with Gasteiger partial charge in [0.15, 0.2) is 13.2 Å². The minimum absolute atomic E-state index is 0.232. The summed E-state index contributed by atoms with van der Waals surface area (Å²) in [6, 6.07) is 13.1. The van der Waals surface area contributed by atoms with E-state index >= 15 is 0 Å². The summed E-state index contributed by atoms with van der Waals surface area (Å²) >= 11 is 0. The Balaban J connectivity index is 1.53. The predicted molar refractivity (Wildman–Crippen MR) is 95.0 cm³/mol. The first-order valence-corrected chi connectivity index (χ1v) is 7.99. The number of esters is 1. The number of aromatic amines is 1. The van der Waals surface area contributed by atoms with E-state index in [1.807, 2.05) is 50.2 Å². The largest absolute Gasteiger partial charge is 0.482 e. The second-order valence-corrected chi connectivity index (χ2v) is 5.87. The van der Waals surface area contributed by atoms with Crippen LogP contribution in [0.3, 0.4) is 0 Å². The quantitative estimate of drug-likeness (QED) is 0.551. The molecule has 5 nitrogen and oxygen atoms in total. The predicted octanol–water partition coefficient (Wildman–Crippen LogP) is 3.59. The molecule has 0 bridgehead atoms. The van der Waals surface area contributed by atoms with E-state index in [4.69, 9.17) is 9.47 Å². The molecule has 0 unspecified atom stereocenters. The molecule has 1 N–H and O–H groups in total. The Hall–Kier alpha value is -3.08. The van der Waals surface area contributed by atoms with Gasteiger partial charge >= 0.3 is 5.97 Å². The number of ether oxygens (including phenoxy) is 2. The zero-order valence-corrected chi connectivity index (χ0v) is 14.2. The van der Waals surface area contributed by atoms with E-state index in [2.05, 4.69) is 4.98 Å². The van der Waals surface area contributed by atoms with Crippen molar-refractivity contribution < 1.29 is 19.1 Å². The number of rotatable bonds is 6. The average Bonchev–Trinajstić information content (AvgIpc) is 3.05. The van der Waals surface area contributed by atoms with Gasteiger partial charge in [-0.05, 0) is 43.2 Å². The fourth-order valence-electron chi connectivity index (χ4n) is 2.51. The third-order valence-electron chi connectivity index (χ3n) is 4.09. The number of fused-ring (bicyclic) bond motifs is 1. The molecule has 0 aliphatic rings. The molecule has 0 amide bonds. The van der Waals surface area contributed by atoms with Gasteiger partial charge in [-0.2, -0.15) is 0 Å². The van der Waals surface area contributed by atoms with Crippen LogP contribution in [-0.4, -0.2) is 30.0 Å². The zero-order chi connectivity index (χ0) is 17.8. The molecule has 0 radical (unpaired) electrons. The highest BCUT2D eigenvalue weighted by Crippen LogP contribution is 2.18. The molecule has 0 saturated carbocycles. The molecular formula is C20H19NO4. The van der Waals surface area contributed by atoms with Gasteiger partial charge in [0.25, 0.3) is 0 Å². The van der Waals surface area contributed by atoms with Crippen LogP contribution < -0.4 is 4.74 Å². The number of nitrogens with one attached hydrogen (secondary N) is 1. The first-order chi connectivity index (χ1) is 12.0. The standard InChI is InChI=1S/C20H19NO4/c1-13-7-8-15(9-14(13)2)24-12-20(23)25-11-19(22)17-10-21-18-6-4-3-5-16(17)18/h3-10,21H,11-12H2,1-2H3. The Morgan fingerprint density at radius 1 is 1.00 bits per heavy atom. The Bertz CT molecular complexity index is 926. The Morgan fingerprint density at radius 3 is 2.60 bits per heavy atom. The number of Topliss-reactive ketones (excluding diaryl/α,β-unsaturated/α-hetero) is 1. The lowest BCUT2D eigenvalue weighted by Gasteiger charge is -2.08. The molecule has 0 fully saturated rings. The van der Waals surface area contributed by atoms with Crippen molar-refractivity contribution in [2.24, 2.45) is 0 Å². The zero-order valence-electron chi connectivity index (χ0n) is 14.2. The molecule has 1 heterocycles. The minimum atomic E-state index is -0.577. The van der Waals surface area contributed by atoms with E-state index in [9.17, 15) is 9.59 Å². The van der Waals surface area contributed by atoms with Crippen LogP contribution in [0.15, 0.2) is 48.7 Å². The highest BCUT2D eigenvalue weighted by molar-refractivity contribution is 6.08. The maximum atomic E-state index is 12.2. The monoisotopic (exact) mass is 337 g/mol. The van der Waals surface area contributed by atoms with Crippen molar-refractivity contribution in [3.8, 4) is 5.75 Å². The second kappa shape index (κ2) is 7.21. The molecule has 0 spiro atoms. The summed E-state index contributed by atoms with van der Waals surface area (Å²) in [4.78, 5) is 27.1. The topological polar surface area (TPSA) is 68.4 Å². The van der Waals surface area contributed by atoms with Crippen LogP contribution in [0, 0.1) is 13.8 Å². The van der Waals surface area contributed by atoms with Crippen molar-refractivity contribution in [3.05, 3.63) is 65.4 Å². The molecule has 25 heavy (non-hydrogen) atoms. The lowest BCUT2D eigenvalue weighted by atomic mass is 10.1. The Labute approximate surface area is 145 Å². The Morgan fingerprint density at radius 2 is 1.80 bits per heavy atom. The first kappa shape index (κ1) is 16.8. The number of benzene rings is 2. The van der Waals surface area contributed by atoms with E-state index in [1.165, 1.54) is 0 Å². The first-order valence-electron chi connectivity index (χ1n) is 7.99. The third kappa shape index (κ3) is 3.88. The van der Waals surface area contributed by atoms with Gasteiger partial charge in [0.05, 0.1) is 0 Å². The summed E-state index contributed by atoms with van der Waals surface area (Å²) in [5.41, 5.74) is 3.62. The number of aromatic nitrogens is 1. The molecule has 0 atom stereocenters. The lowest BCUT2D eigenvalue weighted by molar-refractivity contribution is -0.144. The summed E-state index contributed by atoms with van der Waals surface area (Å²) in [6.07, 6.45) is 1.63. The van der Waals surface area contributed by atoms with Gasteiger partial charge in [-0.15, -0.1) is 0 Å². The van der Waals surface area contributed by atoms with E-state index in [0.717, 1.165) is 22.0 Å². The van der Waals surface area contributed by atoms with Crippen molar-refractivity contribution in [2.75, 3.05) is 13.2 Å². The van der Waals surface area contributed by atoms with E-state index in [0.29, 0.717) is 11.3 Å². The van der Waals surface area contributed by atoms with Crippen molar-refractivity contribution in [1.29, 1.82) is 0 Å². The molecule has 128 valence electrons. The molecule has 5 heteroatoms. The smallest absolute Gasteiger partial charge is 0.344 e. The van der Waals surface area contributed by atoms with Crippen LogP contribution in [-0.2, 0) is 9.53 Å². The van der Waals surface area contributed by atoms with Crippen LogP contribution in [0.4, 0.5) is 0 Å². The van der Waals surface area contributed by atoms with Crippen LogP contribution in [0.5, 0.6) is 5.75 Å². The van der Waals surface area contributed by atoms with Gasteiger partial charge < -0.3 is 14.5 Å². The number of para-hydroxylation sites is 1.